The van der Waals surface area contributed by atoms with Crippen molar-refractivity contribution < 1.29 is 14.3 Å². The molecule has 1 saturated carbocycles. The normalized spacial score (nSPS) is 23.0. The van der Waals surface area contributed by atoms with E-state index in [9.17, 15) is 9.59 Å². The molecule has 0 unspecified atom stereocenters. The molecule has 0 spiro atoms. The van der Waals surface area contributed by atoms with Crippen LogP contribution in [-0.2, 0) is 14.3 Å². The van der Waals surface area contributed by atoms with Gasteiger partial charge in [-0.25, -0.2) is 0 Å². The summed E-state index contributed by atoms with van der Waals surface area (Å²) < 4.78 is 3.86. The highest BCUT2D eigenvalue weighted by Crippen LogP contribution is 2.64. The fourth-order valence-electron chi connectivity index (χ4n) is 2.06. The molecule has 1 aliphatic carbocycles. The summed E-state index contributed by atoms with van der Waals surface area (Å²) in [5.41, 5.74) is -0.167. The second-order valence-electron chi connectivity index (χ2n) is 5.75. The number of carbonyl (C=O) groups excluding carboxylic acids is 2. The maximum atomic E-state index is 11.9. The summed E-state index contributed by atoms with van der Waals surface area (Å²) in [7, 11) is 0. The van der Waals surface area contributed by atoms with E-state index in [2.05, 4.69) is 5.32 Å². The molecule has 0 heterocycles. The molecule has 2 atom stereocenters. The molecule has 0 radical (unpaired) electrons. The second kappa shape index (κ2) is 6.67. The number of alkyl halides is 2. The number of hydrogen-bond donors (Lipinski definition) is 1. The monoisotopic (exact) mass is 397 g/mol. The van der Waals surface area contributed by atoms with Crippen LogP contribution in [0.2, 0.25) is 10.0 Å². The van der Waals surface area contributed by atoms with E-state index in [0.29, 0.717) is 16.5 Å². The Morgan fingerprint density at radius 1 is 1.30 bits per heavy atom. The summed E-state index contributed by atoms with van der Waals surface area (Å²) in [6, 6.07) is 4.76. The average Bonchev–Trinajstić information content (AvgIpc) is 2.99. The van der Waals surface area contributed by atoms with Crippen LogP contribution < -0.4 is 5.32 Å². The molecule has 23 heavy (non-hydrogen) atoms. The summed E-state index contributed by atoms with van der Waals surface area (Å²) in [6.07, 6.45) is 0.309. The number of benzene rings is 1. The van der Waals surface area contributed by atoms with Gasteiger partial charge in [0.2, 0.25) is 0 Å². The number of halogens is 4. The summed E-state index contributed by atoms with van der Waals surface area (Å²) in [5.74, 6) is -1.02. The number of esters is 1. The summed E-state index contributed by atoms with van der Waals surface area (Å²) in [4.78, 5) is 23.8. The van der Waals surface area contributed by atoms with Crippen LogP contribution in [0.5, 0.6) is 0 Å². The minimum absolute atomic E-state index is 0.309. The lowest BCUT2D eigenvalue weighted by atomic mass is 10.1. The topological polar surface area (TPSA) is 55.4 Å². The summed E-state index contributed by atoms with van der Waals surface area (Å²) in [5, 5.41) is 3.54. The van der Waals surface area contributed by atoms with Crippen molar-refractivity contribution in [3.63, 3.8) is 0 Å². The maximum Gasteiger partial charge on any atom is 0.315 e. The van der Waals surface area contributed by atoms with Crippen molar-refractivity contribution in [2.24, 2.45) is 5.41 Å². The van der Waals surface area contributed by atoms with Crippen LogP contribution in [0, 0.1) is 5.41 Å². The van der Waals surface area contributed by atoms with Gasteiger partial charge < -0.3 is 10.1 Å². The first-order valence-corrected chi connectivity index (χ1v) is 8.37. The third-order valence-electron chi connectivity index (χ3n) is 3.86. The molecule has 1 aromatic carbocycles. The minimum atomic E-state index is -1.12. The van der Waals surface area contributed by atoms with Crippen LogP contribution >= 0.6 is 46.4 Å². The number of ether oxygens (including phenoxy) is 1. The van der Waals surface area contributed by atoms with Crippen molar-refractivity contribution >= 4 is 58.3 Å². The van der Waals surface area contributed by atoms with E-state index in [-0.39, 0.29) is 6.04 Å². The standard InChI is InChI=1S/C15H15Cl4NO3/c1-8(9-3-4-10(16)11(17)5-9)20-12(21)6-23-13(22)14(2)7-15(14,18)19/h3-5,8H,6-7H2,1-2H3,(H,20,21)/t8-,14+/m1/s1. The van der Waals surface area contributed by atoms with Crippen LogP contribution in [-0.4, -0.2) is 22.8 Å². The molecule has 1 fully saturated rings. The van der Waals surface area contributed by atoms with Gasteiger partial charge in [0.1, 0.15) is 9.75 Å². The van der Waals surface area contributed by atoms with E-state index < -0.39 is 28.2 Å². The first-order valence-electron chi connectivity index (χ1n) is 6.86. The zero-order valence-electron chi connectivity index (χ0n) is 12.5. The first kappa shape index (κ1) is 18.7. The fourth-order valence-corrected chi connectivity index (χ4v) is 3.06. The van der Waals surface area contributed by atoms with Gasteiger partial charge >= 0.3 is 5.97 Å². The van der Waals surface area contributed by atoms with E-state index in [0.717, 1.165) is 5.56 Å². The molecular weight excluding hydrogens is 384 g/mol. The Balaban J connectivity index is 1.85. The lowest BCUT2D eigenvalue weighted by Crippen LogP contribution is -2.33. The van der Waals surface area contributed by atoms with Gasteiger partial charge in [-0.05, 0) is 31.5 Å². The number of carbonyl (C=O) groups is 2. The van der Waals surface area contributed by atoms with Gasteiger partial charge in [0, 0.05) is 6.42 Å². The quantitative estimate of drug-likeness (QED) is 0.594. The Morgan fingerprint density at radius 3 is 2.43 bits per heavy atom. The summed E-state index contributed by atoms with van der Waals surface area (Å²) >= 11 is 23.6. The average molecular weight is 399 g/mol. The van der Waals surface area contributed by atoms with Gasteiger partial charge in [0.05, 0.1) is 16.1 Å². The van der Waals surface area contributed by atoms with E-state index >= 15 is 0 Å². The Morgan fingerprint density at radius 2 is 1.91 bits per heavy atom. The number of rotatable bonds is 5. The van der Waals surface area contributed by atoms with Crippen LogP contribution in [0.25, 0.3) is 0 Å². The lowest BCUT2D eigenvalue weighted by Gasteiger charge is -2.16. The highest BCUT2D eigenvalue weighted by atomic mass is 35.5. The van der Waals surface area contributed by atoms with E-state index in [1.807, 2.05) is 0 Å². The van der Waals surface area contributed by atoms with Crippen molar-refractivity contribution in [2.45, 2.75) is 30.6 Å². The Kier molecular flexibility index (Phi) is 5.41. The summed E-state index contributed by atoms with van der Waals surface area (Å²) in [6.45, 7) is 2.99. The van der Waals surface area contributed by atoms with Crippen molar-refractivity contribution in [1.82, 2.24) is 5.32 Å². The van der Waals surface area contributed by atoms with E-state index in [1.54, 1.807) is 32.0 Å². The zero-order chi connectivity index (χ0) is 17.4. The lowest BCUT2D eigenvalue weighted by molar-refractivity contribution is -0.153. The van der Waals surface area contributed by atoms with Gasteiger partial charge in [-0.15, -0.1) is 23.2 Å². The zero-order valence-corrected chi connectivity index (χ0v) is 15.5. The molecule has 1 aromatic rings. The minimum Gasteiger partial charge on any atom is -0.455 e. The third-order valence-corrected chi connectivity index (χ3v) is 5.70. The van der Waals surface area contributed by atoms with Crippen LogP contribution in [0.4, 0.5) is 0 Å². The third kappa shape index (κ3) is 4.05. The molecule has 2 rings (SSSR count). The van der Waals surface area contributed by atoms with Gasteiger partial charge in [-0.1, -0.05) is 29.3 Å². The Labute approximate surface area is 154 Å². The second-order valence-corrected chi connectivity index (χ2v) is 8.05. The molecule has 1 N–H and O–H groups in total. The van der Waals surface area contributed by atoms with Crippen molar-refractivity contribution in [1.29, 1.82) is 0 Å². The first-order chi connectivity index (χ1) is 10.6. The van der Waals surface area contributed by atoms with Crippen molar-refractivity contribution in [2.75, 3.05) is 6.61 Å². The smallest absolute Gasteiger partial charge is 0.315 e. The van der Waals surface area contributed by atoms with Gasteiger partial charge in [-0.2, -0.15) is 0 Å². The Hall–Kier alpha value is -0.680. The molecule has 0 bridgehead atoms. The van der Waals surface area contributed by atoms with Gasteiger partial charge in [0.25, 0.3) is 5.91 Å². The number of amides is 1. The van der Waals surface area contributed by atoms with Crippen LogP contribution in [0.1, 0.15) is 31.9 Å². The Bertz CT molecular complexity index is 650. The van der Waals surface area contributed by atoms with Gasteiger partial charge in [0.15, 0.2) is 6.61 Å². The van der Waals surface area contributed by atoms with Crippen LogP contribution in [0.15, 0.2) is 18.2 Å². The number of nitrogens with one attached hydrogen (secondary N) is 1. The fraction of sp³-hybridized carbons (Fsp3) is 0.467. The highest BCUT2D eigenvalue weighted by Gasteiger charge is 2.69. The van der Waals surface area contributed by atoms with Crippen molar-refractivity contribution in [3.8, 4) is 0 Å². The predicted octanol–water partition coefficient (Wildman–Crippen LogP) is 4.30. The molecule has 4 nitrogen and oxygen atoms in total. The molecule has 126 valence electrons. The molecular formula is C15H15Cl4NO3. The van der Waals surface area contributed by atoms with E-state index in [1.165, 1.54) is 0 Å². The predicted molar refractivity (Wildman–Crippen MR) is 91.1 cm³/mol. The molecule has 0 saturated heterocycles. The molecule has 1 amide bonds. The van der Waals surface area contributed by atoms with Crippen LogP contribution in [0.3, 0.4) is 0 Å². The van der Waals surface area contributed by atoms with E-state index in [4.69, 9.17) is 51.1 Å². The van der Waals surface area contributed by atoms with Crippen molar-refractivity contribution in [3.05, 3.63) is 33.8 Å². The molecule has 8 heteroatoms. The molecule has 0 aliphatic heterocycles. The molecule has 0 aromatic heterocycles. The van der Waals surface area contributed by atoms with Gasteiger partial charge in [-0.3, -0.25) is 9.59 Å². The number of hydrogen-bond acceptors (Lipinski definition) is 3. The molecule has 1 aliphatic rings. The maximum absolute atomic E-state index is 11.9. The SMILES string of the molecule is C[C@@H](NC(=O)COC(=O)[C@]1(C)CC1(Cl)Cl)c1ccc(Cl)c(Cl)c1. The largest absolute Gasteiger partial charge is 0.455 e. The highest BCUT2D eigenvalue weighted by molar-refractivity contribution is 6.53.